The zero-order valence-electron chi connectivity index (χ0n) is 9.22. The molecule has 0 spiro atoms. The van der Waals surface area contributed by atoms with Crippen LogP contribution in [0, 0.1) is 5.92 Å². The third-order valence-electron chi connectivity index (χ3n) is 1.75. The summed E-state index contributed by atoms with van der Waals surface area (Å²) in [6.07, 6.45) is 2.38. The van der Waals surface area contributed by atoms with Crippen molar-refractivity contribution in [3.8, 4) is 0 Å². The van der Waals surface area contributed by atoms with Crippen LogP contribution in [0.3, 0.4) is 0 Å². The van der Waals surface area contributed by atoms with Gasteiger partial charge in [0.1, 0.15) is 0 Å². The average Bonchev–Trinajstić information content (AvgIpc) is 2.20. The molecule has 0 saturated carbocycles. The maximum atomic E-state index is 9.60. The first-order valence-corrected chi connectivity index (χ1v) is 5.16. The van der Waals surface area contributed by atoms with Crippen LogP contribution in [0.5, 0.6) is 0 Å². The molecule has 0 radical (unpaired) electrons. The Balaban J connectivity index is 0. The van der Waals surface area contributed by atoms with E-state index >= 15 is 0 Å². The van der Waals surface area contributed by atoms with Crippen molar-refractivity contribution in [2.45, 2.75) is 32.6 Å². The fourth-order valence-corrected chi connectivity index (χ4v) is 0.834. The quantitative estimate of drug-likeness (QED) is 0.494. The van der Waals surface area contributed by atoms with Crippen LogP contribution in [-0.4, -0.2) is 46.2 Å². The third kappa shape index (κ3) is 16.1. The van der Waals surface area contributed by atoms with Gasteiger partial charge in [0.15, 0.2) is 0 Å². The van der Waals surface area contributed by atoms with E-state index in [9.17, 15) is 4.79 Å². The van der Waals surface area contributed by atoms with Crippen molar-refractivity contribution in [1.29, 1.82) is 0 Å². The van der Waals surface area contributed by atoms with Crippen LogP contribution in [0.15, 0.2) is 0 Å². The highest BCUT2D eigenvalue weighted by Crippen LogP contribution is 2.02. The zero-order chi connectivity index (χ0) is 12.1. The maximum Gasteiger partial charge on any atom is 0.303 e. The van der Waals surface area contributed by atoms with Gasteiger partial charge < -0.3 is 20.4 Å². The van der Waals surface area contributed by atoms with Gasteiger partial charge in [0.25, 0.3) is 0 Å². The fourth-order valence-electron chi connectivity index (χ4n) is 0.834. The molecule has 0 amide bonds. The van der Waals surface area contributed by atoms with E-state index in [1.807, 2.05) is 6.92 Å². The van der Waals surface area contributed by atoms with E-state index in [1.54, 1.807) is 0 Å². The van der Waals surface area contributed by atoms with Gasteiger partial charge >= 0.3 is 5.97 Å². The molecular weight excluding hydrogens is 200 g/mol. The number of aliphatic hydroxyl groups excluding tert-OH is 3. The van der Waals surface area contributed by atoms with Crippen molar-refractivity contribution >= 4 is 5.97 Å². The molecule has 5 heteroatoms. The number of carboxylic acid groups (broad SMARTS) is 1. The van der Waals surface area contributed by atoms with Crippen LogP contribution < -0.4 is 0 Å². The largest absolute Gasteiger partial charge is 0.481 e. The van der Waals surface area contributed by atoms with Crippen molar-refractivity contribution in [2.75, 3.05) is 19.8 Å². The normalized spacial score (nSPS) is 9.67. The molecule has 0 unspecified atom stereocenters. The van der Waals surface area contributed by atoms with E-state index in [4.69, 9.17) is 20.4 Å². The second kappa shape index (κ2) is 13.4. The minimum absolute atomic E-state index is 0.0104. The molecule has 0 aliphatic carbocycles. The molecule has 0 aromatic rings. The van der Waals surface area contributed by atoms with Crippen LogP contribution in [0.4, 0.5) is 0 Å². The smallest absolute Gasteiger partial charge is 0.303 e. The van der Waals surface area contributed by atoms with E-state index in [2.05, 4.69) is 0 Å². The fraction of sp³-hybridized carbons (Fsp3) is 0.900. The number of carboxylic acids is 1. The summed E-state index contributed by atoms with van der Waals surface area (Å²) in [5, 5.41) is 33.3. The van der Waals surface area contributed by atoms with Crippen molar-refractivity contribution < 1.29 is 25.2 Å². The molecule has 4 N–H and O–H groups in total. The Hall–Kier alpha value is -0.650. The Bertz CT molecular complexity index is 134. The van der Waals surface area contributed by atoms with Crippen molar-refractivity contribution in [3.05, 3.63) is 0 Å². The van der Waals surface area contributed by atoms with E-state index in [1.165, 1.54) is 0 Å². The first-order valence-electron chi connectivity index (χ1n) is 5.16. The van der Waals surface area contributed by atoms with Gasteiger partial charge in [0.05, 0.1) is 0 Å². The summed E-state index contributed by atoms with van der Waals surface area (Å²) < 4.78 is 0. The lowest BCUT2D eigenvalue weighted by molar-refractivity contribution is -0.137. The van der Waals surface area contributed by atoms with Crippen LogP contribution in [0.2, 0.25) is 0 Å². The zero-order valence-corrected chi connectivity index (χ0v) is 9.22. The van der Waals surface area contributed by atoms with Crippen molar-refractivity contribution in [2.24, 2.45) is 5.92 Å². The summed E-state index contributed by atoms with van der Waals surface area (Å²) in [4.78, 5) is 9.60. The first kappa shape index (κ1) is 16.8. The standard InChI is InChI=1S/C6H14O3.C4H8O2/c7-3-1-2-6(4-8)5-9;1-2-3-4(5)6/h6-9H,1-5H2;2-3H2,1H3,(H,5,6). The lowest BCUT2D eigenvalue weighted by Crippen LogP contribution is -2.11. The molecular formula is C10H22O5. The number of carbonyl (C=O) groups is 1. The van der Waals surface area contributed by atoms with Gasteiger partial charge in [0, 0.05) is 32.2 Å². The van der Waals surface area contributed by atoms with Crippen LogP contribution in [0.1, 0.15) is 32.6 Å². The van der Waals surface area contributed by atoms with Gasteiger partial charge in [-0.1, -0.05) is 6.92 Å². The molecule has 0 atom stereocenters. The number of hydrogen-bond acceptors (Lipinski definition) is 4. The second-order valence-corrected chi connectivity index (χ2v) is 3.24. The minimum atomic E-state index is -0.711. The summed E-state index contributed by atoms with van der Waals surface area (Å²) in [6, 6.07) is 0. The number of rotatable bonds is 7. The van der Waals surface area contributed by atoms with Crippen LogP contribution >= 0.6 is 0 Å². The van der Waals surface area contributed by atoms with Gasteiger partial charge in [0.2, 0.25) is 0 Å². The molecule has 0 bridgehead atoms. The molecule has 0 aliphatic heterocycles. The average molecular weight is 222 g/mol. The second-order valence-electron chi connectivity index (χ2n) is 3.24. The molecule has 0 aromatic heterocycles. The highest BCUT2D eigenvalue weighted by molar-refractivity contribution is 5.66. The van der Waals surface area contributed by atoms with Crippen LogP contribution in [-0.2, 0) is 4.79 Å². The molecule has 92 valence electrons. The van der Waals surface area contributed by atoms with Crippen molar-refractivity contribution in [1.82, 2.24) is 0 Å². The molecule has 0 fully saturated rings. The molecule has 0 saturated heterocycles. The lowest BCUT2D eigenvalue weighted by atomic mass is 10.1. The highest BCUT2D eigenvalue weighted by atomic mass is 16.4. The summed E-state index contributed by atoms with van der Waals surface area (Å²) in [6.45, 7) is 2.00. The molecule has 15 heavy (non-hydrogen) atoms. The minimum Gasteiger partial charge on any atom is -0.481 e. The molecule has 0 rings (SSSR count). The third-order valence-corrected chi connectivity index (χ3v) is 1.75. The number of aliphatic hydroxyl groups is 3. The maximum absolute atomic E-state index is 9.60. The molecule has 5 nitrogen and oxygen atoms in total. The van der Waals surface area contributed by atoms with Gasteiger partial charge in [-0.05, 0) is 19.3 Å². The predicted octanol–water partition coefficient (Wildman–Crippen LogP) is 0.231. The van der Waals surface area contributed by atoms with Gasteiger partial charge in [-0.15, -0.1) is 0 Å². The topological polar surface area (TPSA) is 98.0 Å². The Kier molecular flexibility index (Phi) is 14.9. The van der Waals surface area contributed by atoms with Crippen LogP contribution in [0.25, 0.3) is 0 Å². The monoisotopic (exact) mass is 222 g/mol. The Morgan fingerprint density at radius 2 is 1.73 bits per heavy atom. The molecule has 0 aromatic carbocycles. The lowest BCUT2D eigenvalue weighted by Gasteiger charge is -2.07. The Labute approximate surface area is 90.4 Å². The van der Waals surface area contributed by atoms with E-state index < -0.39 is 5.97 Å². The highest BCUT2D eigenvalue weighted by Gasteiger charge is 2.03. The van der Waals surface area contributed by atoms with Crippen molar-refractivity contribution in [3.63, 3.8) is 0 Å². The number of aliphatic carboxylic acids is 1. The van der Waals surface area contributed by atoms with E-state index in [0.29, 0.717) is 19.3 Å². The van der Waals surface area contributed by atoms with Gasteiger partial charge in [-0.3, -0.25) is 4.79 Å². The van der Waals surface area contributed by atoms with E-state index in [-0.39, 0.29) is 25.7 Å². The molecule has 0 heterocycles. The Morgan fingerprint density at radius 1 is 1.20 bits per heavy atom. The molecule has 0 aliphatic rings. The van der Waals surface area contributed by atoms with Gasteiger partial charge in [-0.25, -0.2) is 0 Å². The summed E-state index contributed by atoms with van der Waals surface area (Å²) >= 11 is 0. The van der Waals surface area contributed by atoms with Gasteiger partial charge in [-0.2, -0.15) is 0 Å². The summed E-state index contributed by atoms with van der Waals surface area (Å²) in [7, 11) is 0. The predicted molar refractivity (Wildman–Crippen MR) is 56.5 cm³/mol. The summed E-state index contributed by atoms with van der Waals surface area (Å²) in [5.74, 6) is -0.755. The Morgan fingerprint density at radius 3 is 1.93 bits per heavy atom. The number of hydrogen-bond donors (Lipinski definition) is 4. The first-order chi connectivity index (χ1) is 7.12. The van der Waals surface area contributed by atoms with E-state index in [0.717, 1.165) is 6.42 Å². The SMILES string of the molecule is CCCC(=O)O.OCCCC(CO)CO. The summed E-state index contributed by atoms with van der Waals surface area (Å²) in [5.41, 5.74) is 0.